The van der Waals surface area contributed by atoms with Crippen molar-refractivity contribution in [1.29, 1.82) is 0 Å². The first-order valence-electron chi connectivity index (χ1n) is 9.93. The third kappa shape index (κ3) is 3.22. The van der Waals surface area contributed by atoms with Crippen LogP contribution in [0.5, 0.6) is 0 Å². The smallest absolute Gasteiger partial charge is 0.234 e. The average Bonchev–Trinajstić information content (AvgIpc) is 3.37. The molecule has 1 saturated carbocycles. The summed E-state index contributed by atoms with van der Waals surface area (Å²) in [5, 5.41) is 6.72. The Hall–Kier alpha value is -1.62. The molecular weight excluding hydrogens is 342 g/mol. The molecule has 1 saturated heterocycles. The summed E-state index contributed by atoms with van der Waals surface area (Å²) in [5.41, 5.74) is 2.11. The summed E-state index contributed by atoms with van der Waals surface area (Å²) in [7, 11) is 0. The highest BCUT2D eigenvalue weighted by Crippen LogP contribution is 2.45. The van der Waals surface area contributed by atoms with Gasteiger partial charge in [0.25, 0.3) is 0 Å². The van der Waals surface area contributed by atoms with Gasteiger partial charge in [-0.3, -0.25) is 9.48 Å². The van der Waals surface area contributed by atoms with Gasteiger partial charge in [0, 0.05) is 30.2 Å². The van der Waals surface area contributed by atoms with Crippen LogP contribution in [0.2, 0.25) is 0 Å². The van der Waals surface area contributed by atoms with Crippen molar-refractivity contribution in [3.05, 3.63) is 39.8 Å². The van der Waals surface area contributed by atoms with Gasteiger partial charge >= 0.3 is 0 Å². The van der Waals surface area contributed by atoms with Gasteiger partial charge in [-0.1, -0.05) is 18.9 Å². The zero-order valence-corrected chi connectivity index (χ0v) is 16.7. The number of hydrogen-bond acceptors (Lipinski definition) is 3. The van der Waals surface area contributed by atoms with Crippen LogP contribution in [0.25, 0.3) is 0 Å². The molecule has 0 unspecified atom stereocenters. The Kier molecular flexibility index (Phi) is 4.91. The second-order valence-corrected chi connectivity index (χ2v) is 9.06. The maximum Gasteiger partial charge on any atom is 0.234 e. The molecule has 1 amide bonds. The monoisotopic (exact) mass is 371 g/mol. The molecular formula is C21H29N3OS. The van der Waals surface area contributed by atoms with E-state index in [-0.39, 0.29) is 5.41 Å². The first-order chi connectivity index (χ1) is 12.6. The van der Waals surface area contributed by atoms with Crippen molar-refractivity contribution >= 4 is 17.2 Å². The molecule has 4 rings (SSSR count). The molecule has 0 radical (unpaired) electrons. The molecule has 0 aromatic carbocycles. The molecule has 0 N–H and O–H groups in total. The molecule has 1 aliphatic heterocycles. The predicted molar refractivity (Wildman–Crippen MR) is 105 cm³/mol. The molecule has 140 valence electrons. The molecule has 1 aliphatic carbocycles. The standard InChI is InChI=1S/C21H29N3OS/c1-16-14-17(2)24(22-16)15-18-7-11-23(12-8-18)20(25)21(9-3-4-10-21)19-6-5-13-26-19/h5-6,13-14,18H,3-4,7-12,15H2,1-2H3. The molecule has 0 bridgehead atoms. The number of carbonyl (C=O) groups is 1. The maximum absolute atomic E-state index is 13.5. The topological polar surface area (TPSA) is 38.1 Å². The summed E-state index contributed by atoms with van der Waals surface area (Å²) < 4.78 is 2.14. The van der Waals surface area contributed by atoms with Crippen LogP contribution in [0.3, 0.4) is 0 Å². The van der Waals surface area contributed by atoms with E-state index in [2.05, 4.69) is 52.1 Å². The number of aromatic nitrogens is 2. The average molecular weight is 372 g/mol. The lowest BCUT2D eigenvalue weighted by Gasteiger charge is -2.38. The van der Waals surface area contributed by atoms with Crippen LogP contribution in [-0.2, 0) is 16.8 Å². The second kappa shape index (κ2) is 7.18. The fraction of sp³-hybridized carbons (Fsp3) is 0.619. The normalized spacial score (nSPS) is 20.6. The van der Waals surface area contributed by atoms with Gasteiger partial charge in [-0.2, -0.15) is 5.10 Å². The van der Waals surface area contributed by atoms with E-state index >= 15 is 0 Å². The fourth-order valence-electron chi connectivity index (χ4n) is 4.82. The number of amides is 1. The Balaban J connectivity index is 1.41. The minimum absolute atomic E-state index is 0.226. The largest absolute Gasteiger partial charge is 0.342 e. The highest BCUT2D eigenvalue weighted by atomic mass is 32.1. The van der Waals surface area contributed by atoms with Gasteiger partial charge in [0.15, 0.2) is 0 Å². The van der Waals surface area contributed by atoms with Crippen LogP contribution in [-0.4, -0.2) is 33.7 Å². The van der Waals surface area contributed by atoms with E-state index in [0.717, 1.165) is 51.0 Å². The molecule has 26 heavy (non-hydrogen) atoms. The van der Waals surface area contributed by atoms with Crippen LogP contribution >= 0.6 is 11.3 Å². The lowest BCUT2D eigenvalue weighted by atomic mass is 9.82. The highest BCUT2D eigenvalue weighted by Gasteiger charge is 2.46. The lowest BCUT2D eigenvalue weighted by Crippen LogP contribution is -2.48. The molecule has 2 aromatic rings. The zero-order chi connectivity index (χ0) is 18.1. The summed E-state index contributed by atoms with van der Waals surface area (Å²) in [6, 6.07) is 6.40. The molecule has 5 heteroatoms. The number of thiophene rings is 1. The number of rotatable bonds is 4. The molecule has 4 nitrogen and oxygen atoms in total. The fourth-order valence-corrected chi connectivity index (χ4v) is 5.80. The van der Waals surface area contributed by atoms with E-state index in [1.54, 1.807) is 11.3 Å². The molecule has 2 aromatic heterocycles. The Morgan fingerprint density at radius 1 is 1.27 bits per heavy atom. The van der Waals surface area contributed by atoms with Gasteiger partial charge < -0.3 is 4.90 Å². The predicted octanol–water partition coefficient (Wildman–Crippen LogP) is 4.31. The van der Waals surface area contributed by atoms with Crippen molar-refractivity contribution in [3.63, 3.8) is 0 Å². The molecule has 3 heterocycles. The number of hydrogen-bond donors (Lipinski definition) is 0. The van der Waals surface area contributed by atoms with Gasteiger partial charge in [-0.25, -0.2) is 0 Å². The van der Waals surface area contributed by atoms with E-state index in [1.165, 1.54) is 23.4 Å². The lowest BCUT2D eigenvalue weighted by molar-refractivity contribution is -0.138. The third-order valence-corrected chi connectivity index (χ3v) is 7.37. The quantitative estimate of drug-likeness (QED) is 0.803. The van der Waals surface area contributed by atoms with Crippen molar-refractivity contribution in [2.75, 3.05) is 13.1 Å². The number of piperidine rings is 1. The van der Waals surface area contributed by atoms with Crippen molar-refractivity contribution in [2.24, 2.45) is 5.92 Å². The molecule has 2 aliphatic rings. The number of carbonyl (C=O) groups excluding carboxylic acids is 1. The van der Waals surface area contributed by atoms with Crippen LogP contribution in [0.4, 0.5) is 0 Å². The zero-order valence-electron chi connectivity index (χ0n) is 15.9. The minimum atomic E-state index is -0.226. The molecule has 0 atom stereocenters. The summed E-state index contributed by atoms with van der Waals surface area (Å²) in [5.74, 6) is 1.01. The van der Waals surface area contributed by atoms with Crippen molar-refractivity contribution in [2.45, 2.75) is 64.3 Å². The van der Waals surface area contributed by atoms with Crippen LogP contribution in [0.1, 0.15) is 54.8 Å². The summed E-state index contributed by atoms with van der Waals surface area (Å²) in [4.78, 5) is 16.9. The van der Waals surface area contributed by atoms with Gasteiger partial charge in [0.2, 0.25) is 5.91 Å². The van der Waals surface area contributed by atoms with E-state index in [1.807, 2.05) is 0 Å². The van der Waals surface area contributed by atoms with Gasteiger partial charge in [0.05, 0.1) is 11.1 Å². The highest BCUT2D eigenvalue weighted by molar-refractivity contribution is 7.10. The van der Waals surface area contributed by atoms with Crippen LogP contribution in [0.15, 0.2) is 23.6 Å². The second-order valence-electron chi connectivity index (χ2n) is 8.11. The number of nitrogens with zero attached hydrogens (tertiary/aromatic N) is 3. The van der Waals surface area contributed by atoms with E-state index in [4.69, 9.17) is 0 Å². The summed E-state index contributed by atoms with van der Waals surface area (Å²) >= 11 is 1.76. The summed E-state index contributed by atoms with van der Waals surface area (Å²) in [6.07, 6.45) is 6.58. The first kappa shape index (κ1) is 17.8. The van der Waals surface area contributed by atoms with Crippen molar-refractivity contribution in [1.82, 2.24) is 14.7 Å². The van der Waals surface area contributed by atoms with E-state index < -0.39 is 0 Å². The third-order valence-electron chi connectivity index (χ3n) is 6.30. The number of likely N-dealkylation sites (tertiary alicyclic amines) is 1. The minimum Gasteiger partial charge on any atom is -0.342 e. The molecule has 0 spiro atoms. The SMILES string of the molecule is Cc1cc(C)n(CC2CCN(C(=O)C3(c4cccs4)CCCC3)CC2)n1. The van der Waals surface area contributed by atoms with Crippen molar-refractivity contribution in [3.8, 4) is 0 Å². The van der Waals surface area contributed by atoms with Gasteiger partial charge in [-0.15, -0.1) is 11.3 Å². The van der Waals surface area contributed by atoms with Gasteiger partial charge in [-0.05, 0) is 63.0 Å². The van der Waals surface area contributed by atoms with Crippen LogP contribution in [0, 0.1) is 19.8 Å². The Bertz CT molecular complexity index is 750. The van der Waals surface area contributed by atoms with E-state index in [9.17, 15) is 4.79 Å². The van der Waals surface area contributed by atoms with Gasteiger partial charge in [0.1, 0.15) is 0 Å². The Morgan fingerprint density at radius 2 is 2.00 bits per heavy atom. The Labute approximate surface area is 160 Å². The first-order valence-corrected chi connectivity index (χ1v) is 10.8. The van der Waals surface area contributed by atoms with Crippen LogP contribution < -0.4 is 0 Å². The Morgan fingerprint density at radius 3 is 2.58 bits per heavy atom. The molecule has 2 fully saturated rings. The van der Waals surface area contributed by atoms with E-state index in [0.29, 0.717) is 11.8 Å². The van der Waals surface area contributed by atoms with Crippen molar-refractivity contribution < 1.29 is 4.79 Å². The number of aryl methyl sites for hydroxylation is 2. The maximum atomic E-state index is 13.5. The summed E-state index contributed by atoms with van der Waals surface area (Å²) in [6.45, 7) is 6.96.